The number of nitrogens with zero attached hydrogens (tertiary/aromatic N) is 3. The number of benzene rings is 1. The second-order valence-corrected chi connectivity index (χ2v) is 10.1. The Labute approximate surface area is 175 Å². The van der Waals surface area contributed by atoms with Gasteiger partial charge in [-0.3, -0.25) is 9.31 Å². The third-order valence-corrected chi connectivity index (χ3v) is 7.91. The Morgan fingerprint density at radius 3 is 2.31 bits per heavy atom. The first-order chi connectivity index (χ1) is 14.0. The smallest absolute Gasteiger partial charge is 0.194 e. The average Bonchev–Trinajstić information content (AvgIpc) is 3.21. The Balaban J connectivity index is 1.34. The van der Waals surface area contributed by atoms with Crippen molar-refractivity contribution in [3.63, 3.8) is 0 Å². The van der Waals surface area contributed by atoms with Gasteiger partial charge in [0.2, 0.25) is 0 Å². The summed E-state index contributed by atoms with van der Waals surface area (Å²) in [7, 11) is 0. The molecular formula is C20H21ClN5O2S-. The van der Waals surface area contributed by atoms with Crippen LogP contribution >= 0.6 is 11.6 Å². The molecule has 2 N–H and O–H groups in total. The topological polar surface area (TPSA) is 98.1 Å². The lowest BCUT2D eigenvalue weighted by atomic mass is 9.49. The number of aromatic nitrogens is 4. The van der Waals surface area contributed by atoms with E-state index < -0.39 is 11.3 Å². The molecule has 4 fully saturated rings. The monoisotopic (exact) mass is 430 g/mol. The maximum atomic E-state index is 10.7. The van der Waals surface area contributed by atoms with Gasteiger partial charge in [-0.2, -0.15) is 4.63 Å². The van der Waals surface area contributed by atoms with Gasteiger partial charge in [0, 0.05) is 27.9 Å². The number of anilines is 1. The molecule has 1 unspecified atom stereocenters. The van der Waals surface area contributed by atoms with Crippen LogP contribution in [-0.2, 0) is 16.7 Å². The van der Waals surface area contributed by atoms with E-state index >= 15 is 0 Å². The van der Waals surface area contributed by atoms with Crippen molar-refractivity contribution < 1.29 is 8.76 Å². The second kappa shape index (κ2) is 6.30. The molecule has 29 heavy (non-hydrogen) atoms. The molecule has 0 radical (unpaired) electrons. The van der Waals surface area contributed by atoms with Crippen molar-refractivity contribution in [2.75, 3.05) is 4.72 Å². The van der Waals surface area contributed by atoms with Gasteiger partial charge in [-0.15, -0.1) is 5.10 Å². The number of rotatable bonds is 4. The van der Waals surface area contributed by atoms with Crippen LogP contribution < -0.4 is 4.72 Å². The summed E-state index contributed by atoms with van der Waals surface area (Å²) in [5.74, 6) is 3.08. The Morgan fingerprint density at radius 2 is 1.76 bits per heavy atom. The highest BCUT2D eigenvalue weighted by Gasteiger charge is 2.53. The van der Waals surface area contributed by atoms with E-state index in [0.717, 1.165) is 29.0 Å². The number of fused-ring (bicyclic) bond motifs is 1. The number of nitrogens with one attached hydrogen (secondary N) is 2. The summed E-state index contributed by atoms with van der Waals surface area (Å²) >= 11 is 4.50. The van der Waals surface area contributed by atoms with Crippen LogP contribution in [0.15, 0.2) is 24.3 Å². The van der Waals surface area contributed by atoms with E-state index in [0.29, 0.717) is 22.2 Å². The van der Waals surface area contributed by atoms with Gasteiger partial charge in [-0.25, -0.2) is 4.98 Å². The first kappa shape index (κ1) is 17.9. The Bertz CT molecular complexity index is 1090. The molecule has 7 rings (SSSR count). The normalized spacial score (nSPS) is 31.4. The summed E-state index contributed by atoms with van der Waals surface area (Å²) in [6.45, 7) is 0. The number of hydrogen-bond donors (Lipinski definition) is 2. The maximum Gasteiger partial charge on any atom is 0.194 e. The zero-order valence-electron chi connectivity index (χ0n) is 15.7. The molecule has 1 atom stereocenters. The summed E-state index contributed by atoms with van der Waals surface area (Å²) in [6, 6.07) is 6.95. The molecule has 1 aromatic carbocycles. The molecule has 9 heteroatoms. The second-order valence-electron chi connectivity index (χ2n) is 9.08. The number of aromatic amines is 1. The summed E-state index contributed by atoms with van der Waals surface area (Å²) in [5, 5.41) is 8.77. The van der Waals surface area contributed by atoms with E-state index in [-0.39, 0.29) is 5.41 Å². The molecule has 152 valence electrons. The van der Waals surface area contributed by atoms with Gasteiger partial charge >= 0.3 is 0 Å². The minimum absolute atomic E-state index is 0.162. The summed E-state index contributed by atoms with van der Waals surface area (Å²) in [4.78, 5) is 4.67. The van der Waals surface area contributed by atoms with Crippen molar-refractivity contribution in [1.29, 1.82) is 0 Å². The van der Waals surface area contributed by atoms with Crippen LogP contribution in [0.25, 0.3) is 17.0 Å². The molecule has 4 saturated carbocycles. The average molecular weight is 431 g/mol. The van der Waals surface area contributed by atoms with Crippen LogP contribution in [0.2, 0.25) is 5.02 Å². The maximum absolute atomic E-state index is 10.7. The molecular weight excluding hydrogens is 410 g/mol. The fourth-order valence-electron chi connectivity index (χ4n) is 6.47. The van der Waals surface area contributed by atoms with Gasteiger partial charge in [0.1, 0.15) is 5.02 Å². The molecule has 2 heterocycles. The Kier molecular flexibility index (Phi) is 3.89. The highest BCUT2D eigenvalue weighted by molar-refractivity contribution is 7.80. The van der Waals surface area contributed by atoms with Crippen molar-refractivity contribution in [2.45, 2.75) is 43.9 Å². The van der Waals surface area contributed by atoms with Crippen LogP contribution in [0.1, 0.15) is 44.2 Å². The van der Waals surface area contributed by atoms with Crippen LogP contribution in [0.5, 0.6) is 0 Å². The summed E-state index contributed by atoms with van der Waals surface area (Å²) < 4.78 is 25.5. The third-order valence-electron chi connectivity index (χ3n) is 7.15. The Hall–Kier alpha value is -1.90. The van der Waals surface area contributed by atoms with Crippen molar-refractivity contribution in [3.8, 4) is 11.4 Å². The van der Waals surface area contributed by atoms with Crippen molar-refractivity contribution >= 4 is 34.2 Å². The van der Waals surface area contributed by atoms with Crippen LogP contribution in [0.4, 0.5) is 5.69 Å². The lowest BCUT2D eigenvalue weighted by Crippen LogP contribution is -2.48. The van der Waals surface area contributed by atoms with E-state index in [1.54, 1.807) is 28.9 Å². The molecule has 4 aliphatic rings. The van der Waals surface area contributed by atoms with Crippen molar-refractivity contribution in [1.82, 2.24) is 19.8 Å². The SMILES string of the molecule is O=S([O-])Nc1ccc(-c2nc3c(Cl)c(C45CC6CC(CC(C6)C4)C5)[nH]n3n2)cc1. The molecule has 0 spiro atoms. The predicted octanol–water partition coefficient (Wildman–Crippen LogP) is 4.05. The minimum Gasteiger partial charge on any atom is -0.755 e. The highest BCUT2D eigenvalue weighted by atomic mass is 35.5. The predicted molar refractivity (Wildman–Crippen MR) is 110 cm³/mol. The molecule has 7 nitrogen and oxygen atoms in total. The lowest BCUT2D eigenvalue weighted by Gasteiger charge is -2.56. The van der Waals surface area contributed by atoms with Gasteiger partial charge in [-0.1, -0.05) is 11.6 Å². The number of H-pyrrole nitrogens is 1. The number of halogens is 1. The van der Waals surface area contributed by atoms with Crippen LogP contribution in [0.3, 0.4) is 0 Å². The Morgan fingerprint density at radius 1 is 1.14 bits per heavy atom. The van der Waals surface area contributed by atoms with Gasteiger partial charge in [0.15, 0.2) is 11.5 Å². The van der Waals surface area contributed by atoms with Gasteiger partial charge in [-0.05, 0) is 80.5 Å². The van der Waals surface area contributed by atoms with Gasteiger partial charge in [0.05, 0.1) is 5.69 Å². The van der Waals surface area contributed by atoms with Crippen molar-refractivity contribution in [2.24, 2.45) is 17.8 Å². The molecule has 2 aromatic heterocycles. The lowest BCUT2D eigenvalue weighted by molar-refractivity contribution is -0.00732. The zero-order valence-corrected chi connectivity index (χ0v) is 17.3. The van der Waals surface area contributed by atoms with E-state index in [9.17, 15) is 8.76 Å². The molecule has 0 aliphatic heterocycles. The molecule has 4 bridgehead atoms. The van der Waals surface area contributed by atoms with E-state index in [2.05, 4.69) is 19.9 Å². The quantitative estimate of drug-likeness (QED) is 0.610. The first-order valence-corrected chi connectivity index (χ1v) is 11.6. The van der Waals surface area contributed by atoms with Gasteiger partial charge < -0.3 is 9.27 Å². The van der Waals surface area contributed by atoms with E-state index in [4.69, 9.17) is 11.6 Å². The van der Waals surface area contributed by atoms with Gasteiger partial charge in [0.25, 0.3) is 0 Å². The van der Waals surface area contributed by atoms with Crippen LogP contribution in [-0.4, -0.2) is 28.6 Å². The summed E-state index contributed by atoms with van der Waals surface area (Å²) in [5.41, 5.74) is 3.24. The largest absolute Gasteiger partial charge is 0.755 e. The fraction of sp³-hybridized carbons (Fsp3) is 0.500. The van der Waals surface area contributed by atoms with E-state index in [1.165, 1.54) is 38.5 Å². The van der Waals surface area contributed by atoms with Crippen LogP contribution in [0, 0.1) is 17.8 Å². The fourth-order valence-corrected chi connectivity index (χ4v) is 7.17. The number of hydrogen-bond acceptors (Lipinski definition) is 4. The zero-order chi connectivity index (χ0) is 19.8. The highest BCUT2D eigenvalue weighted by Crippen LogP contribution is 2.61. The third kappa shape index (κ3) is 2.84. The van der Waals surface area contributed by atoms with E-state index in [1.807, 2.05) is 0 Å². The summed E-state index contributed by atoms with van der Waals surface area (Å²) in [6.07, 6.45) is 7.85. The molecule has 3 aromatic rings. The van der Waals surface area contributed by atoms with Crippen molar-refractivity contribution in [3.05, 3.63) is 35.0 Å². The first-order valence-electron chi connectivity index (χ1n) is 10.1. The molecule has 0 amide bonds. The minimum atomic E-state index is -2.34. The molecule has 0 saturated heterocycles. The standard InChI is InChI=1S/C20H22ClN5O2S/c21-16-17(20-8-11-5-12(9-20)7-13(6-11)10-20)23-26-19(16)22-18(24-26)14-1-3-15(4-2-14)25-29(27)28/h1-4,11-13,23,25H,5-10H2,(H,27,28)/p-1. The molecule has 4 aliphatic carbocycles.